The number of hydrogen-bond donors (Lipinski definition) is 0. The molecule has 0 aromatic heterocycles. The molecule has 1 unspecified atom stereocenters. The molecule has 0 aromatic rings. The van der Waals surface area contributed by atoms with Crippen molar-refractivity contribution in [2.75, 3.05) is 0 Å². The van der Waals surface area contributed by atoms with E-state index in [1.165, 1.54) is 0 Å². The molecule has 0 saturated carbocycles. The van der Waals surface area contributed by atoms with E-state index in [0.717, 1.165) is 0 Å². The van der Waals surface area contributed by atoms with Crippen molar-refractivity contribution in [3.8, 4) is 0 Å². The van der Waals surface area contributed by atoms with E-state index in [4.69, 9.17) is 11.6 Å². The Hall–Kier alpha value is 0.0400. The van der Waals surface area contributed by atoms with Gasteiger partial charge in [-0.05, 0) is 13.8 Å². The molecule has 1 heterocycles. The summed E-state index contributed by atoms with van der Waals surface area (Å²) >= 11 is 9.13. The van der Waals surface area contributed by atoms with Gasteiger partial charge >= 0.3 is 0 Å². The molecule has 0 spiro atoms. The first-order chi connectivity index (χ1) is 4.63. The normalized spacial score (nSPS) is 25.1. The molecule has 0 saturated heterocycles. The Morgan fingerprint density at radius 2 is 2.30 bits per heavy atom. The molecule has 0 fully saturated rings. The third kappa shape index (κ3) is 1.37. The van der Waals surface area contributed by atoms with Crippen molar-refractivity contribution in [1.29, 1.82) is 0 Å². The van der Waals surface area contributed by atoms with E-state index in [2.05, 4.69) is 21.2 Å². The second-order valence-corrected chi connectivity index (χ2v) is 3.57. The highest BCUT2D eigenvalue weighted by Crippen LogP contribution is 2.21. The number of halogens is 2. The van der Waals surface area contributed by atoms with Crippen molar-refractivity contribution in [3.05, 3.63) is 0 Å². The van der Waals surface area contributed by atoms with Gasteiger partial charge in [0.15, 0.2) is 0 Å². The Labute approximate surface area is 74.0 Å². The molecular formula is C5H9BrClN3. The van der Waals surface area contributed by atoms with Gasteiger partial charge in [-0.1, -0.05) is 11.6 Å². The van der Waals surface area contributed by atoms with Crippen LogP contribution in [0.25, 0.3) is 0 Å². The summed E-state index contributed by atoms with van der Waals surface area (Å²) in [6.07, 6.45) is 1.65. The maximum absolute atomic E-state index is 5.90. The van der Waals surface area contributed by atoms with Crippen LogP contribution in [0.4, 0.5) is 0 Å². The predicted octanol–water partition coefficient (Wildman–Crippen LogP) is 1.79. The summed E-state index contributed by atoms with van der Waals surface area (Å²) in [5.41, 5.74) is -0.194. The Morgan fingerprint density at radius 1 is 1.70 bits per heavy atom. The highest BCUT2D eigenvalue weighted by molar-refractivity contribution is 9.07. The zero-order chi connectivity index (χ0) is 7.72. The van der Waals surface area contributed by atoms with Gasteiger partial charge in [-0.2, -0.15) is 5.10 Å². The summed E-state index contributed by atoms with van der Waals surface area (Å²) in [5, 5.41) is 5.85. The summed E-state index contributed by atoms with van der Waals surface area (Å²) in [5.74, 6) is 0. The van der Waals surface area contributed by atoms with E-state index in [1.807, 2.05) is 13.8 Å². The fourth-order valence-electron chi connectivity index (χ4n) is 0.711. The van der Waals surface area contributed by atoms with Crippen LogP contribution in [0.5, 0.6) is 0 Å². The van der Waals surface area contributed by atoms with Crippen LogP contribution in [0.2, 0.25) is 0 Å². The Bertz CT molecular complexity index is 150. The first-order valence-corrected chi connectivity index (χ1v) is 4.18. The van der Waals surface area contributed by atoms with Crippen LogP contribution < -0.4 is 0 Å². The Morgan fingerprint density at radius 3 is 2.50 bits per heavy atom. The third-order valence-corrected chi connectivity index (χ3v) is 2.46. The standard InChI is InChI=1S/C5H9BrClN3/c1-4(2)10-5(7)9(6)3-8-10/h3-5H,1-2H3. The number of alkyl halides is 1. The van der Waals surface area contributed by atoms with Crippen LogP contribution in [0.3, 0.4) is 0 Å². The van der Waals surface area contributed by atoms with Crippen LogP contribution in [0.1, 0.15) is 13.8 Å². The van der Waals surface area contributed by atoms with Crippen LogP contribution in [-0.2, 0) is 0 Å². The molecule has 5 heteroatoms. The first-order valence-electron chi connectivity index (χ1n) is 3.03. The number of nitrogens with zero attached hydrogens (tertiary/aromatic N) is 3. The van der Waals surface area contributed by atoms with E-state index in [-0.39, 0.29) is 5.62 Å². The van der Waals surface area contributed by atoms with Gasteiger partial charge in [0.2, 0.25) is 5.62 Å². The molecule has 0 aliphatic carbocycles. The van der Waals surface area contributed by atoms with Crippen LogP contribution >= 0.6 is 27.7 Å². The fraction of sp³-hybridized carbons (Fsp3) is 0.800. The lowest BCUT2D eigenvalue weighted by atomic mass is 10.4. The molecule has 0 N–H and O–H groups in total. The minimum absolute atomic E-state index is 0.194. The Kier molecular flexibility index (Phi) is 2.41. The van der Waals surface area contributed by atoms with Crippen molar-refractivity contribution in [1.82, 2.24) is 8.93 Å². The molecule has 1 aliphatic heterocycles. The van der Waals surface area contributed by atoms with Gasteiger partial charge in [-0.15, -0.1) is 0 Å². The van der Waals surface area contributed by atoms with Gasteiger partial charge in [0.05, 0.1) is 16.1 Å². The highest BCUT2D eigenvalue weighted by Gasteiger charge is 2.25. The quantitative estimate of drug-likeness (QED) is 0.386. The largest absolute Gasteiger partial charge is 0.260 e. The molecule has 1 rings (SSSR count). The van der Waals surface area contributed by atoms with Crippen molar-refractivity contribution in [2.24, 2.45) is 5.10 Å². The van der Waals surface area contributed by atoms with Gasteiger partial charge in [-0.3, -0.25) is 8.93 Å². The van der Waals surface area contributed by atoms with E-state index in [0.29, 0.717) is 6.04 Å². The molecule has 58 valence electrons. The van der Waals surface area contributed by atoms with Gasteiger partial charge in [0.25, 0.3) is 0 Å². The summed E-state index contributed by atoms with van der Waals surface area (Å²) in [4.78, 5) is 0. The molecule has 3 nitrogen and oxygen atoms in total. The molecule has 1 atom stereocenters. The summed E-state index contributed by atoms with van der Waals surface area (Å²) in [6, 6.07) is 0.335. The lowest BCUT2D eigenvalue weighted by molar-refractivity contribution is 0.200. The fourth-order valence-corrected chi connectivity index (χ4v) is 1.31. The van der Waals surface area contributed by atoms with Crippen molar-refractivity contribution in [2.45, 2.75) is 25.5 Å². The zero-order valence-corrected chi connectivity index (χ0v) is 8.17. The number of hydrazone groups is 1. The van der Waals surface area contributed by atoms with Crippen LogP contribution in [-0.4, -0.2) is 26.9 Å². The number of hydrogen-bond acceptors (Lipinski definition) is 3. The van der Waals surface area contributed by atoms with Gasteiger partial charge in [-0.25, -0.2) is 0 Å². The van der Waals surface area contributed by atoms with Crippen molar-refractivity contribution in [3.63, 3.8) is 0 Å². The van der Waals surface area contributed by atoms with Gasteiger partial charge in [0, 0.05) is 6.04 Å². The smallest absolute Gasteiger partial charge is 0.205 e. The van der Waals surface area contributed by atoms with E-state index < -0.39 is 0 Å². The maximum atomic E-state index is 5.90. The van der Waals surface area contributed by atoms with E-state index >= 15 is 0 Å². The lowest BCUT2D eigenvalue weighted by Crippen LogP contribution is -2.34. The Balaban J connectivity index is 2.58. The summed E-state index contributed by atoms with van der Waals surface area (Å²) < 4.78 is 1.68. The van der Waals surface area contributed by atoms with E-state index in [9.17, 15) is 0 Å². The molecule has 10 heavy (non-hydrogen) atoms. The summed E-state index contributed by atoms with van der Waals surface area (Å²) in [6.45, 7) is 4.08. The molecule has 0 aromatic carbocycles. The predicted molar refractivity (Wildman–Crippen MR) is 45.9 cm³/mol. The molecule has 0 bridgehead atoms. The van der Waals surface area contributed by atoms with Crippen LogP contribution in [0, 0.1) is 0 Å². The lowest BCUT2D eigenvalue weighted by Gasteiger charge is -2.24. The van der Waals surface area contributed by atoms with Gasteiger partial charge in [0.1, 0.15) is 6.34 Å². The average Bonchev–Trinajstić information content (AvgIpc) is 2.14. The highest BCUT2D eigenvalue weighted by atomic mass is 79.9. The second kappa shape index (κ2) is 2.96. The van der Waals surface area contributed by atoms with Crippen molar-refractivity contribution < 1.29 is 0 Å². The number of rotatable bonds is 1. The minimum Gasteiger partial charge on any atom is -0.260 e. The van der Waals surface area contributed by atoms with Crippen LogP contribution in [0.15, 0.2) is 5.10 Å². The molecule has 0 radical (unpaired) electrons. The topological polar surface area (TPSA) is 18.8 Å². The molecule has 0 amide bonds. The zero-order valence-electron chi connectivity index (χ0n) is 5.83. The molecular weight excluding hydrogens is 217 g/mol. The second-order valence-electron chi connectivity index (χ2n) is 2.36. The third-order valence-electron chi connectivity index (χ3n) is 1.25. The van der Waals surface area contributed by atoms with E-state index in [1.54, 1.807) is 15.3 Å². The summed E-state index contributed by atoms with van der Waals surface area (Å²) in [7, 11) is 0. The van der Waals surface area contributed by atoms with Crippen molar-refractivity contribution >= 4 is 34.1 Å². The SMILES string of the molecule is CC(C)N1N=CN(Br)C1Cl. The minimum atomic E-state index is -0.194. The van der Waals surface area contributed by atoms with Gasteiger partial charge < -0.3 is 0 Å². The monoisotopic (exact) mass is 225 g/mol. The average molecular weight is 227 g/mol. The first kappa shape index (κ1) is 8.14. The molecule has 1 aliphatic rings. The maximum Gasteiger partial charge on any atom is 0.205 e.